The first-order chi connectivity index (χ1) is 17.8. The molecule has 2 aromatic rings. The van der Waals surface area contributed by atoms with Gasteiger partial charge in [-0.3, -0.25) is 4.79 Å². The zero-order chi connectivity index (χ0) is 28.1. The Morgan fingerprint density at radius 2 is 1.74 bits per heavy atom. The Balaban J connectivity index is 1.54. The van der Waals surface area contributed by atoms with Crippen LogP contribution in [0.25, 0.3) is 5.69 Å². The molecule has 38 heavy (non-hydrogen) atoms. The number of halogens is 3. The molecule has 1 aliphatic rings. The van der Waals surface area contributed by atoms with Crippen molar-refractivity contribution in [1.29, 1.82) is 0 Å². The lowest BCUT2D eigenvalue weighted by Crippen LogP contribution is -2.60. The SMILES string of the molecule is CC(C)(C)OC(=O)N1CCN(C(=O)NCCNC(=O)c2cn(-c3ccccc3)nc2C(F)(F)F)C(CO)C1. The number of ether oxygens (including phenoxy) is 1. The van der Waals surface area contributed by atoms with Crippen LogP contribution >= 0.6 is 0 Å². The van der Waals surface area contributed by atoms with E-state index in [0.717, 1.165) is 10.9 Å². The van der Waals surface area contributed by atoms with Crippen molar-refractivity contribution in [2.24, 2.45) is 0 Å². The molecular weight excluding hydrogens is 509 g/mol. The minimum Gasteiger partial charge on any atom is -0.444 e. The van der Waals surface area contributed by atoms with E-state index in [1.54, 1.807) is 51.1 Å². The first-order valence-corrected chi connectivity index (χ1v) is 11.9. The number of hydrogen-bond donors (Lipinski definition) is 3. The average Bonchev–Trinajstić information content (AvgIpc) is 3.32. The Morgan fingerprint density at radius 3 is 2.34 bits per heavy atom. The topological polar surface area (TPSA) is 129 Å². The van der Waals surface area contributed by atoms with Crippen LogP contribution in [0.4, 0.5) is 22.8 Å². The van der Waals surface area contributed by atoms with Gasteiger partial charge in [0.25, 0.3) is 5.91 Å². The highest BCUT2D eigenvalue weighted by atomic mass is 19.4. The summed E-state index contributed by atoms with van der Waals surface area (Å²) in [5, 5.41) is 18.2. The quantitative estimate of drug-likeness (QED) is 0.482. The van der Waals surface area contributed by atoms with Crippen LogP contribution < -0.4 is 10.6 Å². The number of aliphatic hydroxyl groups is 1. The molecule has 1 aromatic carbocycles. The third-order valence-corrected chi connectivity index (χ3v) is 5.54. The van der Waals surface area contributed by atoms with Crippen LogP contribution in [-0.4, -0.2) is 93.7 Å². The minimum atomic E-state index is -4.85. The van der Waals surface area contributed by atoms with E-state index in [2.05, 4.69) is 15.7 Å². The van der Waals surface area contributed by atoms with Crippen LogP contribution in [0.2, 0.25) is 0 Å². The van der Waals surface area contributed by atoms with Gasteiger partial charge in [0.1, 0.15) is 5.60 Å². The van der Waals surface area contributed by atoms with Crippen molar-refractivity contribution < 1.29 is 37.4 Å². The Labute approximate surface area is 217 Å². The van der Waals surface area contributed by atoms with Crippen molar-refractivity contribution in [1.82, 2.24) is 30.2 Å². The maximum Gasteiger partial charge on any atom is 0.435 e. The number of hydrogen-bond acceptors (Lipinski definition) is 6. The standard InChI is InChI=1S/C24H31F3N6O5/c1-23(2,3)38-22(37)31-11-12-32(17(13-31)15-34)21(36)29-10-9-28-20(35)18-14-33(16-7-5-4-6-8-16)30-19(18)24(25,26)27/h4-8,14,17,34H,9-13,15H2,1-3H3,(H,28,35)(H,29,36). The number of alkyl halides is 3. The molecule has 208 valence electrons. The largest absolute Gasteiger partial charge is 0.444 e. The molecule has 2 heterocycles. The van der Waals surface area contributed by atoms with Gasteiger partial charge in [0.2, 0.25) is 0 Å². The number of aromatic nitrogens is 2. The van der Waals surface area contributed by atoms with Gasteiger partial charge in [-0.2, -0.15) is 18.3 Å². The van der Waals surface area contributed by atoms with Crippen LogP contribution in [-0.2, 0) is 10.9 Å². The van der Waals surface area contributed by atoms with Gasteiger partial charge in [0.05, 0.1) is 23.9 Å². The van der Waals surface area contributed by atoms with Gasteiger partial charge in [-0.15, -0.1) is 0 Å². The summed E-state index contributed by atoms with van der Waals surface area (Å²) in [5.74, 6) is -0.993. The number of urea groups is 1. The van der Waals surface area contributed by atoms with Crippen molar-refractivity contribution in [3.63, 3.8) is 0 Å². The highest BCUT2D eigenvalue weighted by Gasteiger charge is 2.39. The van der Waals surface area contributed by atoms with Gasteiger partial charge >= 0.3 is 18.3 Å². The summed E-state index contributed by atoms with van der Waals surface area (Å²) in [7, 11) is 0. The molecule has 1 saturated heterocycles. The number of para-hydroxylation sites is 1. The second kappa shape index (κ2) is 11.7. The minimum absolute atomic E-state index is 0.0706. The fourth-order valence-electron chi connectivity index (χ4n) is 3.78. The smallest absolute Gasteiger partial charge is 0.435 e. The molecule has 11 nitrogen and oxygen atoms in total. The van der Waals surface area contributed by atoms with Gasteiger partial charge in [0.15, 0.2) is 5.69 Å². The first-order valence-electron chi connectivity index (χ1n) is 11.9. The molecule has 1 aliphatic heterocycles. The van der Waals surface area contributed by atoms with Crippen molar-refractivity contribution >= 4 is 18.0 Å². The molecule has 1 unspecified atom stereocenters. The van der Waals surface area contributed by atoms with Crippen molar-refractivity contribution in [2.45, 2.75) is 38.6 Å². The molecule has 1 aromatic heterocycles. The number of aliphatic hydroxyl groups excluding tert-OH is 1. The number of nitrogens with one attached hydrogen (secondary N) is 2. The summed E-state index contributed by atoms with van der Waals surface area (Å²) in [4.78, 5) is 40.2. The molecular formula is C24H31F3N6O5. The van der Waals surface area contributed by atoms with Crippen molar-refractivity contribution in [3.05, 3.63) is 47.8 Å². The fourth-order valence-corrected chi connectivity index (χ4v) is 3.78. The van der Waals surface area contributed by atoms with Crippen molar-refractivity contribution in [3.8, 4) is 5.69 Å². The number of benzene rings is 1. The maximum atomic E-state index is 13.5. The third kappa shape index (κ3) is 7.37. The number of rotatable bonds is 6. The Hall–Kier alpha value is -3.81. The van der Waals surface area contributed by atoms with Gasteiger partial charge in [0, 0.05) is 38.9 Å². The molecule has 0 radical (unpaired) electrons. The van der Waals surface area contributed by atoms with E-state index < -0.39 is 53.7 Å². The first kappa shape index (κ1) is 28.8. The highest BCUT2D eigenvalue weighted by molar-refractivity contribution is 5.95. The van der Waals surface area contributed by atoms with E-state index in [4.69, 9.17) is 4.74 Å². The average molecular weight is 541 g/mol. The zero-order valence-corrected chi connectivity index (χ0v) is 21.3. The number of piperazine rings is 1. The molecule has 0 spiro atoms. The summed E-state index contributed by atoms with van der Waals surface area (Å²) in [6.07, 6.45) is -4.39. The molecule has 14 heteroatoms. The van der Waals surface area contributed by atoms with E-state index >= 15 is 0 Å². The molecule has 3 rings (SSSR count). The van der Waals surface area contributed by atoms with Crippen LogP contribution in [0.1, 0.15) is 36.8 Å². The Kier molecular flexibility index (Phi) is 8.86. The van der Waals surface area contributed by atoms with Crippen LogP contribution in [0.15, 0.2) is 36.5 Å². The van der Waals surface area contributed by atoms with E-state index in [1.807, 2.05) is 0 Å². The van der Waals surface area contributed by atoms with Gasteiger partial charge in [-0.1, -0.05) is 18.2 Å². The summed E-state index contributed by atoms with van der Waals surface area (Å²) in [6, 6.07) is 6.84. The second-order valence-electron chi connectivity index (χ2n) is 9.61. The van der Waals surface area contributed by atoms with Gasteiger partial charge in [-0.05, 0) is 32.9 Å². The Morgan fingerprint density at radius 1 is 1.08 bits per heavy atom. The lowest BCUT2D eigenvalue weighted by molar-refractivity contribution is -0.141. The molecule has 4 amide bonds. The molecule has 0 aliphatic carbocycles. The number of nitrogens with zero attached hydrogens (tertiary/aromatic N) is 4. The fraction of sp³-hybridized carbons (Fsp3) is 0.500. The number of carbonyl (C=O) groups excluding carboxylic acids is 3. The predicted molar refractivity (Wildman–Crippen MR) is 130 cm³/mol. The van der Waals surface area contributed by atoms with Crippen LogP contribution in [0.3, 0.4) is 0 Å². The third-order valence-electron chi connectivity index (χ3n) is 5.54. The molecule has 0 saturated carbocycles. The molecule has 0 bridgehead atoms. The monoisotopic (exact) mass is 540 g/mol. The van der Waals surface area contributed by atoms with Crippen molar-refractivity contribution in [2.75, 3.05) is 39.3 Å². The van der Waals surface area contributed by atoms with E-state index in [0.29, 0.717) is 5.69 Å². The van der Waals surface area contributed by atoms with Gasteiger partial charge < -0.3 is 30.3 Å². The Bertz CT molecular complexity index is 1130. The number of carbonyl (C=O) groups is 3. The lowest BCUT2D eigenvalue weighted by Gasteiger charge is -2.40. The lowest BCUT2D eigenvalue weighted by atomic mass is 10.2. The number of amides is 4. The summed E-state index contributed by atoms with van der Waals surface area (Å²) >= 11 is 0. The van der Waals surface area contributed by atoms with E-state index in [-0.39, 0.29) is 32.7 Å². The zero-order valence-electron chi connectivity index (χ0n) is 21.3. The predicted octanol–water partition coefficient (Wildman–Crippen LogP) is 2.24. The van der Waals surface area contributed by atoms with E-state index in [1.165, 1.54) is 9.80 Å². The summed E-state index contributed by atoms with van der Waals surface area (Å²) in [5.41, 5.74) is -2.30. The summed E-state index contributed by atoms with van der Waals surface area (Å²) < 4.78 is 46.8. The second-order valence-corrected chi connectivity index (χ2v) is 9.61. The van der Waals surface area contributed by atoms with Gasteiger partial charge in [-0.25, -0.2) is 14.3 Å². The maximum absolute atomic E-state index is 13.5. The van der Waals surface area contributed by atoms with Crippen LogP contribution in [0, 0.1) is 0 Å². The van der Waals surface area contributed by atoms with Crippen LogP contribution in [0.5, 0.6) is 0 Å². The highest BCUT2D eigenvalue weighted by Crippen LogP contribution is 2.31. The molecule has 3 N–H and O–H groups in total. The normalized spacial score (nSPS) is 16.2. The molecule has 1 fully saturated rings. The van der Waals surface area contributed by atoms with E-state index in [9.17, 15) is 32.7 Å². The molecule has 1 atom stereocenters. The summed E-state index contributed by atoms with van der Waals surface area (Å²) in [6.45, 7) is 4.97.